The number of ether oxygens (including phenoxy) is 1. The van der Waals surface area contributed by atoms with Crippen LogP contribution >= 0.6 is 0 Å². The Morgan fingerprint density at radius 2 is 2.23 bits per heavy atom. The Kier molecular flexibility index (Phi) is 4.39. The van der Waals surface area contributed by atoms with Crippen LogP contribution in [0.1, 0.15) is 49.8 Å². The van der Waals surface area contributed by atoms with Gasteiger partial charge < -0.3 is 9.84 Å². The third-order valence-corrected chi connectivity index (χ3v) is 5.16. The first-order valence-corrected chi connectivity index (χ1v) is 8.31. The van der Waals surface area contributed by atoms with Gasteiger partial charge in [0.25, 0.3) is 0 Å². The highest BCUT2D eigenvalue weighted by atomic mass is 16.5. The van der Waals surface area contributed by atoms with Crippen molar-refractivity contribution in [3.8, 4) is 11.5 Å². The molecule has 0 spiro atoms. The van der Waals surface area contributed by atoms with Crippen molar-refractivity contribution in [1.82, 2.24) is 4.90 Å². The van der Waals surface area contributed by atoms with E-state index in [1.54, 1.807) is 7.11 Å². The van der Waals surface area contributed by atoms with Crippen molar-refractivity contribution in [1.29, 1.82) is 0 Å². The van der Waals surface area contributed by atoms with Gasteiger partial charge in [-0.05, 0) is 24.5 Å². The Balaban J connectivity index is 1.84. The molecule has 1 N–H and O–H groups in total. The van der Waals surface area contributed by atoms with E-state index in [2.05, 4.69) is 11.8 Å². The molecule has 0 bridgehead atoms. The second kappa shape index (κ2) is 6.29. The van der Waals surface area contributed by atoms with Crippen LogP contribution in [0, 0.1) is 5.92 Å². The molecule has 1 aromatic carbocycles. The van der Waals surface area contributed by atoms with E-state index in [0.717, 1.165) is 49.9 Å². The molecule has 0 saturated carbocycles. The number of piperidine rings is 1. The molecule has 0 aliphatic carbocycles. The molecule has 120 valence electrons. The summed E-state index contributed by atoms with van der Waals surface area (Å²) in [7, 11) is 1.57. The molecule has 1 fully saturated rings. The molecule has 2 unspecified atom stereocenters. The van der Waals surface area contributed by atoms with Crippen molar-refractivity contribution in [3.63, 3.8) is 0 Å². The second-order valence-corrected chi connectivity index (χ2v) is 6.45. The molecule has 22 heavy (non-hydrogen) atoms. The number of carbonyl (C=O) groups is 1. The summed E-state index contributed by atoms with van der Waals surface area (Å²) in [4.78, 5) is 14.9. The van der Waals surface area contributed by atoms with Crippen molar-refractivity contribution >= 4 is 5.78 Å². The van der Waals surface area contributed by atoms with E-state index in [-0.39, 0.29) is 17.7 Å². The van der Waals surface area contributed by atoms with Crippen molar-refractivity contribution in [2.45, 2.75) is 45.1 Å². The maximum absolute atomic E-state index is 12.5. The number of phenolic OH excluding ortho intramolecular Hbond substituents is 1. The maximum Gasteiger partial charge on any atom is 0.161 e. The highest BCUT2D eigenvalue weighted by molar-refractivity contribution is 5.83. The lowest BCUT2D eigenvalue weighted by Crippen LogP contribution is -2.46. The number of benzene rings is 1. The van der Waals surface area contributed by atoms with E-state index in [4.69, 9.17) is 4.74 Å². The molecule has 1 saturated heterocycles. The minimum absolute atomic E-state index is 0.130. The van der Waals surface area contributed by atoms with Gasteiger partial charge in [-0.25, -0.2) is 0 Å². The van der Waals surface area contributed by atoms with Gasteiger partial charge in [0.15, 0.2) is 11.5 Å². The Morgan fingerprint density at radius 1 is 1.41 bits per heavy atom. The van der Waals surface area contributed by atoms with Gasteiger partial charge in [-0.15, -0.1) is 0 Å². The molecule has 0 amide bonds. The van der Waals surface area contributed by atoms with Crippen molar-refractivity contribution < 1.29 is 14.6 Å². The second-order valence-electron chi connectivity index (χ2n) is 6.45. The molecule has 0 radical (unpaired) electrons. The smallest absolute Gasteiger partial charge is 0.161 e. The van der Waals surface area contributed by atoms with Crippen LogP contribution in [0.15, 0.2) is 12.1 Å². The predicted molar refractivity (Wildman–Crippen MR) is 85.3 cm³/mol. The number of carbonyl (C=O) groups excluding carboxylic acids is 1. The maximum atomic E-state index is 12.5. The summed E-state index contributed by atoms with van der Waals surface area (Å²) in [5.74, 6) is 1.36. The number of nitrogens with zero attached hydrogens (tertiary/aromatic N) is 1. The normalized spacial score (nSPS) is 24.7. The molecular formula is C18H25NO3. The summed E-state index contributed by atoms with van der Waals surface area (Å²) in [6, 6.07) is 3.96. The third kappa shape index (κ3) is 2.60. The SMILES string of the molecule is CCCCC1CN2CCc3c(ccc(OC)c3O)C2CC1=O. The number of hydrogen-bond donors (Lipinski definition) is 1. The number of phenols is 1. The Morgan fingerprint density at radius 3 is 2.95 bits per heavy atom. The Bertz CT molecular complexity index is 570. The molecule has 4 nitrogen and oxygen atoms in total. The lowest BCUT2D eigenvalue weighted by molar-refractivity contribution is -0.129. The molecule has 2 heterocycles. The summed E-state index contributed by atoms with van der Waals surface area (Å²) in [5, 5.41) is 10.3. The number of unbranched alkanes of at least 4 members (excludes halogenated alkanes) is 1. The number of aromatic hydroxyl groups is 1. The summed E-state index contributed by atoms with van der Waals surface area (Å²) < 4.78 is 5.20. The van der Waals surface area contributed by atoms with Gasteiger partial charge >= 0.3 is 0 Å². The predicted octanol–water partition coefficient (Wildman–Crippen LogP) is 3.08. The summed E-state index contributed by atoms with van der Waals surface area (Å²) in [5.41, 5.74) is 2.06. The van der Waals surface area contributed by atoms with Crippen LogP contribution in [0.25, 0.3) is 0 Å². The van der Waals surface area contributed by atoms with E-state index >= 15 is 0 Å². The molecule has 3 rings (SSSR count). The van der Waals surface area contributed by atoms with Crippen LogP contribution in [0.5, 0.6) is 11.5 Å². The zero-order valence-corrected chi connectivity index (χ0v) is 13.5. The number of fused-ring (bicyclic) bond motifs is 3. The molecule has 2 aliphatic heterocycles. The van der Waals surface area contributed by atoms with Gasteiger partial charge in [-0.2, -0.15) is 0 Å². The Labute approximate surface area is 132 Å². The van der Waals surface area contributed by atoms with Gasteiger partial charge in [-0.1, -0.05) is 25.8 Å². The van der Waals surface area contributed by atoms with Crippen molar-refractivity contribution in [3.05, 3.63) is 23.3 Å². The fraction of sp³-hybridized carbons (Fsp3) is 0.611. The van der Waals surface area contributed by atoms with Gasteiger partial charge in [0.1, 0.15) is 5.78 Å². The van der Waals surface area contributed by atoms with E-state index in [9.17, 15) is 9.90 Å². The van der Waals surface area contributed by atoms with Gasteiger partial charge in [-0.3, -0.25) is 9.69 Å². The highest BCUT2D eigenvalue weighted by Crippen LogP contribution is 2.43. The number of ketones is 1. The van der Waals surface area contributed by atoms with E-state index in [0.29, 0.717) is 18.0 Å². The number of Topliss-reactive ketones (excluding diaryl/α,β-unsaturated/α-hetero) is 1. The standard InChI is InChI=1S/C18H25NO3/c1-3-4-5-12-11-19-9-8-14-13(15(19)10-16(12)20)6-7-17(22-2)18(14)21/h6-7,12,15,21H,3-5,8-11H2,1-2H3. The summed E-state index contributed by atoms with van der Waals surface area (Å²) >= 11 is 0. The minimum Gasteiger partial charge on any atom is -0.504 e. The molecular weight excluding hydrogens is 278 g/mol. The van der Waals surface area contributed by atoms with Gasteiger partial charge in [0.05, 0.1) is 7.11 Å². The first-order chi connectivity index (χ1) is 10.7. The number of methoxy groups -OCH3 is 1. The average Bonchev–Trinajstić information content (AvgIpc) is 2.53. The molecule has 0 aromatic heterocycles. The lowest BCUT2D eigenvalue weighted by Gasteiger charge is -2.43. The Hall–Kier alpha value is -1.55. The van der Waals surface area contributed by atoms with E-state index in [1.807, 2.05) is 12.1 Å². The average molecular weight is 303 g/mol. The molecule has 4 heteroatoms. The fourth-order valence-electron chi connectivity index (χ4n) is 3.88. The van der Waals surface area contributed by atoms with Crippen LogP contribution in [0.3, 0.4) is 0 Å². The molecule has 2 atom stereocenters. The summed E-state index contributed by atoms with van der Waals surface area (Å²) in [6.07, 6.45) is 4.68. The number of hydrogen-bond acceptors (Lipinski definition) is 4. The molecule has 1 aromatic rings. The van der Waals surface area contributed by atoms with E-state index < -0.39 is 0 Å². The van der Waals surface area contributed by atoms with Gasteiger partial charge in [0, 0.05) is 37.0 Å². The molecule has 2 aliphatic rings. The van der Waals surface area contributed by atoms with E-state index in [1.165, 1.54) is 0 Å². The van der Waals surface area contributed by atoms with Crippen molar-refractivity contribution in [2.75, 3.05) is 20.2 Å². The van der Waals surface area contributed by atoms with Crippen LogP contribution in [-0.2, 0) is 11.2 Å². The first-order valence-electron chi connectivity index (χ1n) is 8.31. The largest absolute Gasteiger partial charge is 0.504 e. The van der Waals surface area contributed by atoms with Crippen LogP contribution in [-0.4, -0.2) is 36.0 Å². The number of rotatable bonds is 4. The van der Waals surface area contributed by atoms with Crippen LogP contribution < -0.4 is 4.74 Å². The zero-order chi connectivity index (χ0) is 15.7. The quantitative estimate of drug-likeness (QED) is 0.928. The van der Waals surface area contributed by atoms with Gasteiger partial charge in [0.2, 0.25) is 0 Å². The highest BCUT2D eigenvalue weighted by Gasteiger charge is 2.38. The fourth-order valence-corrected chi connectivity index (χ4v) is 3.88. The zero-order valence-electron chi connectivity index (χ0n) is 13.5. The van der Waals surface area contributed by atoms with Crippen LogP contribution in [0.2, 0.25) is 0 Å². The summed E-state index contributed by atoms with van der Waals surface area (Å²) in [6.45, 7) is 3.95. The lowest BCUT2D eigenvalue weighted by atomic mass is 9.81. The van der Waals surface area contributed by atoms with Crippen LogP contribution in [0.4, 0.5) is 0 Å². The topological polar surface area (TPSA) is 49.8 Å². The first kappa shape index (κ1) is 15.3. The monoisotopic (exact) mass is 303 g/mol. The third-order valence-electron chi connectivity index (χ3n) is 5.16. The minimum atomic E-state index is 0.130. The van der Waals surface area contributed by atoms with Crippen molar-refractivity contribution in [2.24, 2.45) is 5.92 Å².